The zero-order chi connectivity index (χ0) is 17.4. The predicted molar refractivity (Wildman–Crippen MR) is 92.2 cm³/mol. The van der Waals surface area contributed by atoms with Crippen LogP contribution in [0.1, 0.15) is 25.3 Å². The van der Waals surface area contributed by atoms with Crippen molar-refractivity contribution in [3.8, 4) is 0 Å². The standard InChI is InChI=1S/C18H27N3O3/c1-2-20(17(22)11-19)12-16-9-6-10-21(13-16)18(23)24-14-15-7-4-3-5-8-15/h3-5,7-8,16H,2,6,9-14,19H2,1H3/t16-/m1/s1. The summed E-state index contributed by atoms with van der Waals surface area (Å²) in [5, 5.41) is 0. The van der Waals surface area contributed by atoms with Gasteiger partial charge in [-0.25, -0.2) is 4.79 Å². The first-order valence-corrected chi connectivity index (χ1v) is 8.57. The number of hydrogen-bond donors (Lipinski definition) is 1. The van der Waals surface area contributed by atoms with Crippen molar-refractivity contribution >= 4 is 12.0 Å². The van der Waals surface area contributed by atoms with Gasteiger partial charge in [0.2, 0.25) is 5.91 Å². The Balaban J connectivity index is 1.83. The van der Waals surface area contributed by atoms with Crippen molar-refractivity contribution in [2.75, 3.05) is 32.7 Å². The molecule has 1 aliphatic rings. The molecule has 0 aromatic heterocycles. The third-order valence-electron chi connectivity index (χ3n) is 4.37. The molecule has 1 saturated heterocycles. The van der Waals surface area contributed by atoms with Gasteiger partial charge < -0.3 is 20.3 Å². The molecule has 1 atom stereocenters. The lowest BCUT2D eigenvalue weighted by atomic mass is 9.97. The summed E-state index contributed by atoms with van der Waals surface area (Å²) in [5.74, 6) is 0.236. The van der Waals surface area contributed by atoms with Gasteiger partial charge in [0.25, 0.3) is 0 Å². The van der Waals surface area contributed by atoms with Gasteiger partial charge in [0.05, 0.1) is 6.54 Å². The van der Waals surface area contributed by atoms with Crippen LogP contribution >= 0.6 is 0 Å². The van der Waals surface area contributed by atoms with Crippen LogP contribution in [0.3, 0.4) is 0 Å². The van der Waals surface area contributed by atoms with Gasteiger partial charge in [0.15, 0.2) is 0 Å². The van der Waals surface area contributed by atoms with Gasteiger partial charge in [-0.3, -0.25) is 4.79 Å². The van der Waals surface area contributed by atoms with Gasteiger partial charge in [-0.2, -0.15) is 0 Å². The molecule has 0 spiro atoms. The van der Waals surface area contributed by atoms with Crippen LogP contribution in [0, 0.1) is 5.92 Å². The highest BCUT2D eigenvalue weighted by molar-refractivity contribution is 5.78. The van der Waals surface area contributed by atoms with Crippen molar-refractivity contribution in [2.24, 2.45) is 11.7 Å². The van der Waals surface area contributed by atoms with E-state index in [1.807, 2.05) is 37.3 Å². The summed E-state index contributed by atoms with van der Waals surface area (Å²) in [6.07, 6.45) is 1.66. The number of piperidine rings is 1. The quantitative estimate of drug-likeness (QED) is 0.862. The third-order valence-corrected chi connectivity index (χ3v) is 4.37. The molecule has 1 heterocycles. The first-order valence-electron chi connectivity index (χ1n) is 8.57. The van der Waals surface area contributed by atoms with E-state index in [-0.39, 0.29) is 31.1 Å². The molecule has 0 bridgehead atoms. The largest absolute Gasteiger partial charge is 0.445 e. The van der Waals surface area contributed by atoms with Crippen molar-refractivity contribution in [3.05, 3.63) is 35.9 Å². The fourth-order valence-electron chi connectivity index (χ4n) is 3.04. The minimum Gasteiger partial charge on any atom is -0.445 e. The number of ether oxygens (including phenoxy) is 1. The minimum atomic E-state index is -0.281. The first-order chi connectivity index (χ1) is 11.6. The number of nitrogens with two attached hydrogens (primary N) is 1. The number of hydrogen-bond acceptors (Lipinski definition) is 4. The maximum absolute atomic E-state index is 12.3. The summed E-state index contributed by atoms with van der Waals surface area (Å²) in [6, 6.07) is 9.65. The number of carbonyl (C=O) groups excluding carboxylic acids is 2. The fourth-order valence-corrected chi connectivity index (χ4v) is 3.04. The zero-order valence-electron chi connectivity index (χ0n) is 14.3. The Hall–Kier alpha value is -2.08. The summed E-state index contributed by atoms with van der Waals surface area (Å²) >= 11 is 0. The number of likely N-dealkylation sites (N-methyl/N-ethyl adjacent to an activating group) is 1. The highest BCUT2D eigenvalue weighted by Crippen LogP contribution is 2.19. The molecule has 0 radical (unpaired) electrons. The molecule has 6 nitrogen and oxygen atoms in total. The second-order valence-electron chi connectivity index (χ2n) is 6.13. The number of amides is 2. The van der Waals surface area contributed by atoms with Crippen LogP contribution < -0.4 is 5.73 Å². The molecule has 2 N–H and O–H groups in total. The molecule has 2 rings (SSSR count). The monoisotopic (exact) mass is 333 g/mol. The molecule has 0 saturated carbocycles. The molecule has 0 aliphatic carbocycles. The molecular weight excluding hydrogens is 306 g/mol. The van der Waals surface area contributed by atoms with Crippen molar-refractivity contribution in [1.82, 2.24) is 9.80 Å². The Morgan fingerprint density at radius 2 is 2.08 bits per heavy atom. The Bertz CT molecular complexity index is 536. The number of likely N-dealkylation sites (tertiary alicyclic amines) is 1. The maximum Gasteiger partial charge on any atom is 0.410 e. The molecular formula is C18H27N3O3. The molecule has 132 valence electrons. The average molecular weight is 333 g/mol. The summed E-state index contributed by atoms with van der Waals surface area (Å²) in [7, 11) is 0. The van der Waals surface area contributed by atoms with E-state index < -0.39 is 0 Å². The van der Waals surface area contributed by atoms with Crippen molar-refractivity contribution < 1.29 is 14.3 Å². The lowest BCUT2D eigenvalue weighted by Crippen LogP contribution is -2.46. The van der Waals surface area contributed by atoms with E-state index in [1.54, 1.807) is 9.80 Å². The van der Waals surface area contributed by atoms with E-state index in [0.29, 0.717) is 26.2 Å². The zero-order valence-corrected chi connectivity index (χ0v) is 14.3. The summed E-state index contributed by atoms with van der Waals surface area (Å²) in [6.45, 7) is 4.89. The van der Waals surface area contributed by atoms with Gasteiger partial charge in [-0.15, -0.1) is 0 Å². The Morgan fingerprint density at radius 3 is 2.75 bits per heavy atom. The van der Waals surface area contributed by atoms with Crippen LogP contribution in [0.5, 0.6) is 0 Å². The number of carbonyl (C=O) groups is 2. The Labute approximate surface area is 143 Å². The second kappa shape index (κ2) is 9.27. The topological polar surface area (TPSA) is 75.9 Å². The van der Waals surface area contributed by atoms with E-state index in [9.17, 15) is 9.59 Å². The van der Waals surface area contributed by atoms with E-state index in [0.717, 1.165) is 18.4 Å². The van der Waals surface area contributed by atoms with Crippen LogP contribution in [-0.4, -0.2) is 54.5 Å². The van der Waals surface area contributed by atoms with Gasteiger partial charge in [0.1, 0.15) is 6.61 Å². The number of benzene rings is 1. The number of nitrogens with zero attached hydrogens (tertiary/aromatic N) is 2. The van der Waals surface area contributed by atoms with Gasteiger partial charge in [-0.05, 0) is 31.2 Å². The van der Waals surface area contributed by atoms with Crippen LogP contribution in [0.15, 0.2) is 30.3 Å². The molecule has 1 fully saturated rings. The fraction of sp³-hybridized carbons (Fsp3) is 0.556. The predicted octanol–water partition coefficient (Wildman–Crippen LogP) is 1.84. The highest BCUT2D eigenvalue weighted by atomic mass is 16.6. The SMILES string of the molecule is CCN(C[C@H]1CCCN(C(=O)OCc2ccccc2)C1)C(=O)CN. The molecule has 2 amide bonds. The molecule has 1 aromatic rings. The van der Waals surface area contributed by atoms with E-state index in [1.165, 1.54) is 0 Å². The lowest BCUT2D eigenvalue weighted by Gasteiger charge is -2.34. The molecule has 0 unspecified atom stereocenters. The van der Waals surface area contributed by atoms with Crippen molar-refractivity contribution in [3.63, 3.8) is 0 Å². The molecule has 6 heteroatoms. The Kier molecular flexibility index (Phi) is 7.06. The van der Waals surface area contributed by atoms with Crippen molar-refractivity contribution in [1.29, 1.82) is 0 Å². The Morgan fingerprint density at radius 1 is 1.33 bits per heavy atom. The van der Waals surface area contributed by atoms with Gasteiger partial charge in [-0.1, -0.05) is 30.3 Å². The van der Waals surface area contributed by atoms with Crippen LogP contribution in [0.4, 0.5) is 4.79 Å². The van der Waals surface area contributed by atoms with Crippen LogP contribution in [0.25, 0.3) is 0 Å². The third kappa shape index (κ3) is 5.23. The summed E-state index contributed by atoms with van der Waals surface area (Å²) in [5.41, 5.74) is 6.43. The van der Waals surface area contributed by atoms with E-state index in [4.69, 9.17) is 10.5 Å². The lowest BCUT2D eigenvalue weighted by molar-refractivity contribution is -0.130. The summed E-state index contributed by atoms with van der Waals surface area (Å²) in [4.78, 5) is 27.6. The molecule has 1 aromatic carbocycles. The minimum absolute atomic E-state index is 0.0311. The average Bonchev–Trinajstić information content (AvgIpc) is 2.64. The maximum atomic E-state index is 12.3. The molecule has 24 heavy (non-hydrogen) atoms. The smallest absolute Gasteiger partial charge is 0.410 e. The van der Waals surface area contributed by atoms with Gasteiger partial charge in [0, 0.05) is 26.2 Å². The van der Waals surface area contributed by atoms with Crippen LogP contribution in [-0.2, 0) is 16.1 Å². The van der Waals surface area contributed by atoms with Crippen LogP contribution in [0.2, 0.25) is 0 Å². The first kappa shape index (κ1) is 18.3. The van der Waals surface area contributed by atoms with E-state index >= 15 is 0 Å². The van der Waals surface area contributed by atoms with Crippen molar-refractivity contribution in [2.45, 2.75) is 26.4 Å². The highest BCUT2D eigenvalue weighted by Gasteiger charge is 2.26. The summed E-state index contributed by atoms with van der Waals surface area (Å²) < 4.78 is 5.40. The van der Waals surface area contributed by atoms with Gasteiger partial charge >= 0.3 is 6.09 Å². The van der Waals surface area contributed by atoms with E-state index in [2.05, 4.69) is 0 Å². The second-order valence-corrected chi connectivity index (χ2v) is 6.13. The number of rotatable bonds is 6. The normalized spacial score (nSPS) is 17.4. The molecule has 1 aliphatic heterocycles.